The van der Waals surface area contributed by atoms with E-state index in [2.05, 4.69) is 16.0 Å². The zero-order chi connectivity index (χ0) is 27.4. The SMILES string of the molecule is COc1ccc(NC(=O)Nc2ccc3c(c2)[C@H]2C[C@@H](CC(=O)N[C@@H](C)c4ccccc4)O[C@@H](CO)[C@H]2O3)cc1. The molecule has 1 fully saturated rings. The molecule has 204 valence electrons. The Morgan fingerprint density at radius 3 is 2.46 bits per heavy atom. The van der Waals surface area contributed by atoms with Crippen LogP contribution in [0.3, 0.4) is 0 Å². The van der Waals surface area contributed by atoms with E-state index >= 15 is 0 Å². The van der Waals surface area contributed by atoms with Crippen molar-refractivity contribution in [1.29, 1.82) is 0 Å². The summed E-state index contributed by atoms with van der Waals surface area (Å²) >= 11 is 0. The van der Waals surface area contributed by atoms with Crippen molar-refractivity contribution in [2.75, 3.05) is 24.4 Å². The molecule has 3 aromatic carbocycles. The Bertz CT molecular complexity index is 1300. The van der Waals surface area contributed by atoms with Crippen LogP contribution >= 0.6 is 0 Å². The van der Waals surface area contributed by atoms with Crippen LogP contribution in [0.1, 0.15) is 42.9 Å². The second-order valence-corrected chi connectivity index (χ2v) is 9.87. The normalized spacial score (nSPS) is 22.0. The van der Waals surface area contributed by atoms with Gasteiger partial charge < -0.3 is 35.3 Å². The largest absolute Gasteiger partial charge is 0.497 e. The van der Waals surface area contributed by atoms with Crippen LogP contribution in [-0.4, -0.2) is 49.1 Å². The van der Waals surface area contributed by atoms with Crippen molar-refractivity contribution >= 4 is 23.3 Å². The third kappa shape index (κ3) is 6.16. The average Bonchev–Trinajstić information content (AvgIpc) is 3.31. The zero-order valence-corrected chi connectivity index (χ0v) is 21.9. The number of aliphatic hydroxyl groups is 1. The number of ether oxygens (including phenoxy) is 3. The molecule has 39 heavy (non-hydrogen) atoms. The van der Waals surface area contributed by atoms with E-state index in [9.17, 15) is 14.7 Å². The van der Waals surface area contributed by atoms with Crippen LogP contribution in [0.5, 0.6) is 11.5 Å². The summed E-state index contributed by atoms with van der Waals surface area (Å²) in [7, 11) is 1.59. The number of urea groups is 1. The Hall–Kier alpha value is -4.08. The van der Waals surface area contributed by atoms with Crippen molar-refractivity contribution in [2.45, 2.75) is 50.0 Å². The first-order chi connectivity index (χ1) is 18.9. The van der Waals surface area contributed by atoms with Gasteiger partial charge in [0.05, 0.1) is 32.3 Å². The molecule has 0 spiro atoms. The maximum atomic E-state index is 12.8. The van der Waals surface area contributed by atoms with Gasteiger partial charge in [-0.1, -0.05) is 30.3 Å². The molecule has 1 saturated heterocycles. The lowest BCUT2D eigenvalue weighted by Crippen LogP contribution is -2.47. The van der Waals surface area contributed by atoms with Gasteiger partial charge in [-0.3, -0.25) is 4.79 Å². The van der Waals surface area contributed by atoms with Crippen LogP contribution in [0.25, 0.3) is 0 Å². The summed E-state index contributed by atoms with van der Waals surface area (Å²) in [4.78, 5) is 25.4. The van der Waals surface area contributed by atoms with E-state index in [-0.39, 0.29) is 49.1 Å². The van der Waals surface area contributed by atoms with Gasteiger partial charge in [0.2, 0.25) is 5.91 Å². The summed E-state index contributed by atoms with van der Waals surface area (Å²) in [6, 6.07) is 21.8. The molecule has 2 aliphatic heterocycles. The fraction of sp³-hybridized carbons (Fsp3) is 0.333. The summed E-state index contributed by atoms with van der Waals surface area (Å²) < 4.78 is 17.4. The number of hydrogen-bond donors (Lipinski definition) is 4. The van der Waals surface area contributed by atoms with E-state index in [1.54, 1.807) is 37.4 Å². The summed E-state index contributed by atoms with van der Waals surface area (Å²) in [5.74, 6) is 1.20. The molecule has 0 aromatic heterocycles. The van der Waals surface area contributed by atoms with Crippen LogP contribution in [0, 0.1) is 0 Å². The number of rotatable bonds is 8. The minimum absolute atomic E-state index is 0.0818. The first-order valence-electron chi connectivity index (χ1n) is 13.1. The molecule has 0 bridgehead atoms. The summed E-state index contributed by atoms with van der Waals surface area (Å²) in [5, 5.41) is 18.7. The summed E-state index contributed by atoms with van der Waals surface area (Å²) in [5.41, 5.74) is 3.20. The average molecular weight is 532 g/mol. The molecule has 0 aliphatic carbocycles. The number of aliphatic hydroxyl groups excluding tert-OH is 1. The lowest BCUT2D eigenvalue weighted by molar-refractivity contribution is -0.142. The van der Waals surface area contributed by atoms with Crippen molar-refractivity contribution in [3.63, 3.8) is 0 Å². The van der Waals surface area contributed by atoms with Gasteiger partial charge in [-0.05, 0) is 61.4 Å². The number of methoxy groups -OCH3 is 1. The molecule has 0 radical (unpaired) electrons. The minimum atomic E-state index is -0.560. The second kappa shape index (κ2) is 11.8. The van der Waals surface area contributed by atoms with Gasteiger partial charge in [-0.15, -0.1) is 0 Å². The number of anilines is 2. The Balaban J connectivity index is 1.23. The molecule has 0 unspecified atom stereocenters. The summed E-state index contributed by atoms with van der Waals surface area (Å²) in [6.45, 7) is 1.73. The van der Waals surface area contributed by atoms with Crippen molar-refractivity contribution in [2.24, 2.45) is 0 Å². The van der Waals surface area contributed by atoms with E-state index in [0.29, 0.717) is 29.3 Å². The van der Waals surface area contributed by atoms with Gasteiger partial charge in [0.25, 0.3) is 0 Å². The predicted molar refractivity (Wildman–Crippen MR) is 147 cm³/mol. The van der Waals surface area contributed by atoms with Gasteiger partial charge in [-0.2, -0.15) is 0 Å². The highest BCUT2D eigenvalue weighted by molar-refractivity contribution is 5.99. The number of nitrogens with one attached hydrogen (secondary N) is 3. The van der Waals surface area contributed by atoms with Gasteiger partial charge >= 0.3 is 6.03 Å². The van der Waals surface area contributed by atoms with Crippen LogP contribution in [0.2, 0.25) is 0 Å². The van der Waals surface area contributed by atoms with E-state index in [1.165, 1.54) is 0 Å². The van der Waals surface area contributed by atoms with Crippen molar-refractivity contribution in [3.05, 3.63) is 83.9 Å². The van der Waals surface area contributed by atoms with E-state index < -0.39 is 6.10 Å². The number of amides is 3. The number of hydrogen-bond acceptors (Lipinski definition) is 6. The van der Waals surface area contributed by atoms with Gasteiger partial charge in [0.15, 0.2) is 0 Å². The van der Waals surface area contributed by atoms with Crippen LogP contribution < -0.4 is 25.4 Å². The van der Waals surface area contributed by atoms with Crippen LogP contribution in [0.4, 0.5) is 16.2 Å². The summed E-state index contributed by atoms with van der Waals surface area (Å²) in [6.07, 6.45) is -0.570. The van der Waals surface area contributed by atoms with E-state index in [1.807, 2.05) is 49.4 Å². The lowest BCUT2D eigenvalue weighted by Gasteiger charge is -2.37. The first-order valence-corrected chi connectivity index (χ1v) is 13.1. The topological polar surface area (TPSA) is 118 Å². The van der Waals surface area contributed by atoms with E-state index in [4.69, 9.17) is 14.2 Å². The maximum Gasteiger partial charge on any atom is 0.323 e. The lowest BCUT2D eigenvalue weighted by atomic mass is 9.84. The molecule has 0 saturated carbocycles. The first kappa shape index (κ1) is 26.5. The Morgan fingerprint density at radius 2 is 1.74 bits per heavy atom. The van der Waals surface area contributed by atoms with E-state index in [0.717, 1.165) is 11.1 Å². The van der Waals surface area contributed by atoms with Gasteiger partial charge in [0.1, 0.15) is 23.7 Å². The second-order valence-electron chi connectivity index (χ2n) is 9.87. The number of fused-ring (bicyclic) bond motifs is 3. The molecule has 4 N–H and O–H groups in total. The highest BCUT2D eigenvalue weighted by atomic mass is 16.6. The van der Waals surface area contributed by atoms with Gasteiger partial charge in [-0.25, -0.2) is 4.79 Å². The van der Waals surface area contributed by atoms with Crippen LogP contribution in [-0.2, 0) is 9.53 Å². The molecule has 2 heterocycles. The highest BCUT2D eigenvalue weighted by Gasteiger charge is 2.46. The highest BCUT2D eigenvalue weighted by Crippen LogP contribution is 2.47. The molecule has 9 heteroatoms. The molecular formula is C30H33N3O6. The van der Waals surface area contributed by atoms with Gasteiger partial charge in [0, 0.05) is 22.9 Å². The standard InChI is InChI=1S/C30H33N3O6/c1-18(19-6-4-3-5-7-19)31-28(35)16-23-15-25-24-14-21(10-13-26(24)39-29(25)27(17-34)38-23)33-30(36)32-20-8-11-22(37-2)12-9-20/h3-14,18,23,25,27,29,34H,15-17H2,1-2H3,(H,31,35)(H2,32,33,36)/t18-,23-,25+,27-,29-/m0/s1. The quantitative estimate of drug-likeness (QED) is 0.337. The Labute approximate surface area is 227 Å². The predicted octanol–water partition coefficient (Wildman–Crippen LogP) is 4.60. The molecular weight excluding hydrogens is 498 g/mol. The molecule has 3 amide bonds. The van der Waals surface area contributed by atoms with Crippen molar-refractivity contribution in [1.82, 2.24) is 5.32 Å². The molecule has 3 aromatic rings. The third-order valence-electron chi connectivity index (χ3n) is 7.20. The number of carbonyl (C=O) groups excluding carboxylic acids is 2. The molecule has 9 nitrogen and oxygen atoms in total. The Morgan fingerprint density at radius 1 is 1.03 bits per heavy atom. The third-order valence-corrected chi connectivity index (χ3v) is 7.20. The number of benzene rings is 3. The molecule has 5 rings (SSSR count). The van der Waals surface area contributed by atoms with Crippen LogP contribution in [0.15, 0.2) is 72.8 Å². The fourth-order valence-corrected chi connectivity index (χ4v) is 5.27. The Kier molecular flexibility index (Phi) is 7.99. The monoisotopic (exact) mass is 531 g/mol. The number of carbonyl (C=O) groups is 2. The molecule has 5 atom stereocenters. The molecule has 2 aliphatic rings. The zero-order valence-electron chi connectivity index (χ0n) is 21.9. The maximum absolute atomic E-state index is 12.8. The fourth-order valence-electron chi connectivity index (χ4n) is 5.27. The smallest absolute Gasteiger partial charge is 0.323 e. The van der Waals surface area contributed by atoms with Crippen molar-refractivity contribution < 1.29 is 28.9 Å². The van der Waals surface area contributed by atoms with Crippen molar-refractivity contribution in [3.8, 4) is 11.5 Å². The minimum Gasteiger partial charge on any atom is -0.497 e.